The van der Waals surface area contributed by atoms with Crippen LogP contribution >= 0.6 is 0 Å². The Morgan fingerprint density at radius 3 is 2.58 bits per heavy atom. The van der Waals surface area contributed by atoms with Crippen molar-refractivity contribution in [3.63, 3.8) is 0 Å². The van der Waals surface area contributed by atoms with Crippen molar-refractivity contribution in [2.75, 3.05) is 19.3 Å². The second-order valence-electron chi connectivity index (χ2n) is 11.4. The number of pyridine rings is 2. The van der Waals surface area contributed by atoms with Crippen LogP contribution in [0.25, 0.3) is 55.8 Å². The smallest absolute Gasteiger partial charge is 0.209 e. The molecule has 0 spiro atoms. The molecule has 0 bridgehead atoms. The van der Waals surface area contributed by atoms with E-state index in [1.807, 2.05) is 12.3 Å². The van der Waals surface area contributed by atoms with Crippen LogP contribution in [0.15, 0.2) is 61.1 Å². The van der Waals surface area contributed by atoms with Gasteiger partial charge >= 0.3 is 0 Å². The minimum absolute atomic E-state index is 0.0804. The zero-order valence-electron chi connectivity index (χ0n) is 24.4. The molecule has 5 heterocycles. The molecule has 1 saturated heterocycles. The number of hydrogen-bond acceptors (Lipinski definition) is 7. The second kappa shape index (κ2) is 11.7. The highest BCUT2D eigenvalue weighted by molar-refractivity contribution is 7.88. The molecular weight excluding hydrogens is 598 g/mol. The average Bonchev–Trinajstić information content (AvgIpc) is 3.65. The largest absolute Gasteiger partial charge is 0.336 e. The number of rotatable bonds is 8. The topological polar surface area (TPSA) is 133 Å². The van der Waals surface area contributed by atoms with Gasteiger partial charge in [0.05, 0.1) is 28.4 Å². The first-order valence-electron chi connectivity index (χ1n) is 14.6. The van der Waals surface area contributed by atoms with Gasteiger partial charge in [0.1, 0.15) is 22.8 Å². The summed E-state index contributed by atoms with van der Waals surface area (Å²) in [6.07, 6.45) is 9.73. The number of halogens is 2. The average molecular weight is 629 g/mol. The molecular formula is C32H30F2N8O2S. The van der Waals surface area contributed by atoms with Crippen molar-refractivity contribution in [3.8, 4) is 33.9 Å². The number of aromatic nitrogens is 6. The van der Waals surface area contributed by atoms with Gasteiger partial charge in [0.15, 0.2) is 5.82 Å². The van der Waals surface area contributed by atoms with E-state index in [2.05, 4.69) is 34.8 Å². The first kappa shape index (κ1) is 29.1. The Morgan fingerprint density at radius 1 is 0.933 bits per heavy atom. The number of nitrogens with one attached hydrogen (secondary N) is 3. The summed E-state index contributed by atoms with van der Waals surface area (Å²) < 4.78 is 56.4. The predicted octanol–water partition coefficient (Wildman–Crippen LogP) is 5.54. The summed E-state index contributed by atoms with van der Waals surface area (Å²) in [6.45, 7) is 2.80. The van der Waals surface area contributed by atoms with Crippen molar-refractivity contribution in [1.29, 1.82) is 0 Å². The van der Waals surface area contributed by atoms with Crippen LogP contribution in [0.3, 0.4) is 0 Å². The lowest BCUT2D eigenvalue weighted by atomic mass is 10.0. The Bertz CT molecular complexity index is 2160. The molecule has 0 atom stereocenters. The number of fused-ring (bicyclic) bond motifs is 2. The maximum Gasteiger partial charge on any atom is 0.209 e. The lowest BCUT2D eigenvalue weighted by Gasteiger charge is -2.26. The van der Waals surface area contributed by atoms with Gasteiger partial charge in [-0.1, -0.05) is 6.42 Å². The van der Waals surface area contributed by atoms with Gasteiger partial charge in [-0.05, 0) is 79.5 Å². The summed E-state index contributed by atoms with van der Waals surface area (Å²) in [4.78, 5) is 19.2. The first-order chi connectivity index (χ1) is 21.7. The van der Waals surface area contributed by atoms with Crippen molar-refractivity contribution in [3.05, 3.63) is 83.8 Å². The number of likely N-dealkylation sites (tertiary alicyclic amines) is 1. The van der Waals surface area contributed by atoms with Crippen LogP contribution < -0.4 is 4.72 Å². The molecule has 0 radical (unpaired) electrons. The van der Waals surface area contributed by atoms with Gasteiger partial charge in [0.25, 0.3) is 0 Å². The minimum Gasteiger partial charge on any atom is -0.336 e. The summed E-state index contributed by atoms with van der Waals surface area (Å²) in [7, 11) is -3.47. The Balaban J connectivity index is 1.26. The molecule has 2 aromatic carbocycles. The Hall–Kier alpha value is -4.59. The van der Waals surface area contributed by atoms with Crippen LogP contribution in [0.2, 0.25) is 0 Å². The fourth-order valence-electron chi connectivity index (χ4n) is 5.93. The third kappa shape index (κ3) is 6.06. The van der Waals surface area contributed by atoms with Crippen LogP contribution in [0.5, 0.6) is 0 Å². The first-order valence-corrected chi connectivity index (χ1v) is 16.5. The molecule has 0 aliphatic carbocycles. The number of sulfonamides is 1. The number of piperidine rings is 1. The molecule has 4 aromatic heterocycles. The second-order valence-corrected chi connectivity index (χ2v) is 13.3. The lowest BCUT2D eigenvalue weighted by Crippen LogP contribution is -2.29. The van der Waals surface area contributed by atoms with Crippen LogP contribution in [-0.2, 0) is 23.1 Å². The van der Waals surface area contributed by atoms with E-state index in [1.165, 1.54) is 31.4 Å². The molecule has 10 nitrogen and oxygen atoms in total. The van der Waals surface area contributed by atoms with Gasteiger partial charge in [0.2, 0.25) is 10.0 Å². The number of hydrogen-bond donors (Lipinski definition) is 3. The highest BCUT2D eigenvalue weighted by Gasteiger charge is 2.21. The number of H-pyrrole nitrogens is 2. The molecule has 0 unspecified atom stereocenters. The number of imidazole rings is 1. The zero-order valence-corrected chi connectivity index (χ0v) is 25.3. The van der Waals surface area contributed by atoms with E-state index >= 15 is 4.39 Å². The van der Waals surface area contributed by atoms with Crippen LogP contribution in [0, 0.1) is 11.6 Å². The van der Waals surface area contributed by atoms with E-state index < -0.39 is 21.7 Å². The molecule has 3 N–H and O–H groups in total. The molecule has 0 amide bonds. The van der Waals surface area contributed by atoms with Crippen molar-refractivity contribution >= 4 is 32.0 Å². The molecule has 1 aliphatic rings. The van der Waals surface area contributed by atoms with Crippen molar-refractivity contribution in [1.82, 2.24) is 39.8 Å². The minimum atomic E-state index is -3.47. The SMILES string of the molecule is CS(=O)(=O)NCc1cc(F)cc(-c2nccc3[nH]c(-c4n[nH]c5ccc(-c6cncc(CN7CCCCC7)c6)c(F)c45)nc23)c1. The number of benzene rings is 2. The third-order valence-electron chi connectivity index (χ3n) is 8.02. The van der Waals surface area contributed by atoms with Crippen LogP contribution in [0.1, 0.15) is 30.4 Å². The molecule has 13 heteroatoms. The van der Waals surface area contributed by atoms with Crippen molar-refractivity contribution in [2.45, 2.75) is 32.4 Å². The quantitative estimate of drug-likeness (QED) is 0.202. The van der Waals surface area contributed by atoms with E-state index in [9.17, 15) is 12.8 Å². The van der Waals surface area contributed by atoms with Gasteiger partial charge in [-0.25, -0.2) is 26.9 Å². The van der Waals surface area contributed by atoms with Crippen molar-refractivity contribution < 1.29 is 17.2 Å². The fourth-order valence-corrected chi connectivity index (χ4v) is 6.36. The zero-order chi connectivity index (χ0) is 31.1. The summed E-state index contributed by atoms with van der Waals surface area (Å²) in [6, 6.07) is 11.4. The maximum atomic E-state index is 16.3. The van der Waals surface area contributed by atoms with Crippen LogP contribution in [-0.4, -0.2) is 62.8 Å². The maximum absolute atomic E-state index is 16.3. The summed E-state index contributed by atoms with van der Waals surface area (Å²) in [5.74, 6) is -0.677. The fraction of sp³-hybridized carbons (Fsp3) is 0.250. The van der Waals surface area contributed by atoms with Crippen LogP contribution in [0.4, 0.5) is 8.78 Å². The molecule has 1 fully saturated rings. The standard InChI is InChI=1S/C32H30F2N8O2S/c1-45(43,44)37-16-19-11-21(14-23(33)13-19)29-30-26(7-8-36-29)38-32(39-30)31-27-25(40-41-31)6-5-24(28(27)34)22-12-20(15-35-17-22)18-42-9-3-2-4-10-42/h5-8,11-15,17,37H,2-4,9-10,16,18H2,1H3,(H,38,39)(H,40,41). The summed E-state index contributed by atoms with van der Waals surface area (Å²) in [5, 5.41) is 7.59. The number of aromatic amines is 2. The molecule has 45 heavy (non-hydrogen) atoms. The lowest BCUT2D eigenvalue weighted by molar-refractivity contribution is 0.220. The van der Waals surface area contributed by atoms with E-state index in [0.717, 1.165) is 31.5 Å². The highest BCUT2D eigenvalue weighted by atomic mass is 32.2. The molecule has 7 rings (SSSR count). The molecule has 1 aliphatic heterocycles. The Morgan fingerprint density at radius 2 is 1.76 bits per heavy atom. The van der Waals surface area contributed by atoms with Crippen molar-refractivity contribution in [2.24, 2.45) is 0 Å². The molecule has 0 saturated carbocycles. The van der Waals surface area contributed by atoms with Gasteiger partial charge in [-0.2, -0.15) is 5.10 Å². The van der Waals surface area contributed by atoms with E-state index in [4.69, 9.17) is 4.98 Å². The number of nitrogens with zero attached hydrogens (tertiary/aromatic N) is 5. The van der Waals surface area contributed by atoms with E-state index in [1.54, 1.807) is 36.7 Å². The Kier molecular flexibility index (Phi) is 7.59. The molecule has 6 aromatic rings. The monoisotopic (exact) mass is 628 g/mol. The predicted molar refractivity (Wildman–Crippen MR) is 168 cm³/mol. The molecule has 230 valence electrons. The van der Waals surface area contributed by atoms with E-state index in [-0.39, 0.29) is 11.9 Å². The third-order valence-corrected chi connectivity index (χ3v) is 8.69. The van der Waals surface area contributed by atoms with Gasteiger partial charge in [-0.3, -0.25) is 20.0 Å². The van der Waals surface area contributed by atoms with Gasteiger partial charge < -0.3 is 4.98 Å². The van der Waals surface area contributed by atoms with Gasteiger partial charge in [0, 0.05) is 48.4 Å². The highest BCUT2D eigenvalue weighted by Crippen LogP contribution is 2.35. The Labute approximate surface area is 258 Å². The van der Waals surface area contributed by atoms with E-state index in [0.29, 0.717) is 56.0 Å². The van der Waals surface area contributed by atoms with Gasteiger partial charge in [-0.15, -0.1) is 0 Å². The normalized spacial score (nSPS) is 14.5. The summed E-state index contributed by atoms with van der Waals surface area (Å²) >= 11 is 0. The summed E-state index contributed by atoms with van der Waals surface area (Å²) in [5.41, 5.74) is 5.18.